The van der Waals surface area contributed by atoms with E-state index in [4.69, 9.17) is 4.74 Å². The summed E-state index contributed by atoms with van der Waals surface area (Å²) >= 11 is 1.28. The maximum Gasteiger partial charge on any atom is 0.330 e. The second-order valence-electron chi connectivity index (χ2n) is 8.46. The van der Waals surface area contributed by atoms with Crippen LogP contribution in [0.25, 0.3) is 0 Å². The van der Waals surface area contributed by atoms with Gasteiger partial charge in [0.2, 0.25) is 5.95 Å². The zero-order chi connectivity index (χ0) is 27.5. The molecule has 0 saturated carbocycles. The number of benzene rings is 1. The summed E-state index contributed by atoms with van der Waals surface area (Å²) in [6.07, 6.45) is 2.54. The summed E-state index contributed by atoms with van der Waals surface area (Å²) in [6, 6.07) is 9.50. The average molecular weight is 540 g/mol. The van der Waals surface area contributed by atoms with E-state index >= 15 is 0 Å². The molecule has 0 spiro atoms. The highest BCUT2D eigenvalue weighted by atomic mass is 32.1. The summed E-state index contributed by atoms with van der Waals surface area (Å²) in [5.41, 5.74) is 2.46. The number of rotatable bonds is 13. The van der Waals surface area contributed by atoms with Crippen molar-refractivity contribution in [2.75, 3.05) is 25.5 Å². The molecule has 2 amide bonds. The number of nitrogens with zero attached hydrogens (tertiary/aromatic N) is 2. The molecule has 2 heterocycles. The van der Waals surface area contributed by atoms with Gasteiger partial charge in [-0.2, -0.15) is 0 Å². The lowest BCUT2D eigenvalue weighted by molar-refractivity contribution is -0.142. The number of carbonyl (C=O) groups is 3. The molecule has 2 aromatic heterocycles. The van der Waals surface area contributed by atoms with Crippen LogP contribution in [-0.4, -0.2) is 59.1 Å². The molecule has 0 fully saturated rings. The molecule has 3 rings (SSSR count). The van der Waals surface area contributed by atoms with E-state index in [2.05, 4.69) is 25.9 Å². The van der Waals surface area contributed by atoms with Crippen LogP contribution >= 0.6 is 11.3 Å². The Balaban J connectivity index is 1.68. The monoisotopic (exact) mass is 539 g/mol. The minimum atomic E-state index is -1.08. The number of phenols is 1. The van der Waals surface area contributed by atoms with Crippen LogP contribution in [0.5, 0.6) is 5.75 Å². The van der Waals surface area contributed by atoms with E-state index in [1.807, 2.05) is 26.0 Å². The Bertz CT molecular complexity index is 1220. The Hall–Kier alpha value is -3.99. The number of nitrogens with one attached hydrogen (secondary N) is 3. The molecule has 0 radical (unpaired) electrons. The van der Waals surface area contributed by atoms with E-state index in [1.54, 1.807) is 29.6 Å². The number of esters is 1. The van der Waals surface area contributed by atoms with Crippen LogP contribution in [0.15, 0.2) is 41.8 Å². The van der Waals surface area contributed by atoms with Gasteiger partial charge in [-0.3, -0.25) is 9.59 Å². The second-order valence-corrected chi connectivity index (χ2v) is 9.41. The van der Waals surface area contributed by atoms with Crippen LogP contribution in [-0.2, 0) is 28.8 Å². The third kappa shape index (κ3) is 7.75. The maximum atomic E-state index is 13.3. The Morgan fingerprint density at radius 2 is 1.79 bits per heavy atom. The van der Waals surface area contributed by atoms with Gasteiger partial charge >= 0.3 is 5.97 Å². The van der Waals surface area contributed by atoms with E-state index in [0.717, 1.165) is 18.4 Å². The molecule has 0 saturated heterocycles. The number of aryl methyl sites for hydroxylation is 3. The van der Waals surface area contributed by atoms with E-state index in [-0.39, 0.29) is 18.2 Å². The minimum Gasteiger partial charge on any atom is -0.508 e. The Kier molecular flexibility index (Phi) is 10.6. The van der Waals surface area contributed by atoms with Gasteiger partial charge in [-0.25, -0.2) is 14.8 Å². The second kappa shape index (κ2) is 14.1. The fourth-order valence-corrected chi connectivity index (χ4v) is 4.51. The Morgan fingerprint density at radius 3 is 2.39 bits per heavy atom. The molecule has 0 aliphatic heterocycles. The standard InChI is InChI=1S/C27H33N5O5S/c1-4-19-23(25(35)30-21(26(36)37-3)16-29-24(34)22-12-8-14-38-22)20(5-2)32-27(31-19)28-13-7-10-17-9-6-11-18(33)15-17/h6,8-9,11-12,14-15,21,33H,4-5,7,10,13,16H2,1-3H3,(H,29,34)(H,30,35)(H,28,31,32). The van der Waals surface area contributed by atoms with Gasteiger partial charge in [0.05, 0.1) is 28.9 Å². The van der Waals surface area contributed by atoms with Gasteiger partial charge in [-0.15, -0.1) is 11.3 Å². The fourth-order valence-electron chi connectivity index (χ4n) is 3.87. The topological polar surface area (TPSA) is 143 Å². The first-order valence-corrected chi connectivity index (χ1v) is 13.4. The van der Waals surface area contributed by atoms with Crippen LogP contribution in [0.1, 0.15) is 57.2 Å². The summed E-state index contributed by atoms with van der Waals surface area (Å²) in [6.45, 7) is 4.27. The first-order chi connectivity index (χ1) is 18.4. The summed E-state index contributed by atoms with van der Waals surface area (Å²) in [5.74, 6) is -0.845. The Morgan fingerprint density at radius 1 is 1.05 bits per heavy atom. The predicted octanol–water partition coefficient (Wildman–Crippen LogP) is 3.11. The van der Waals surface area contributed by atoms with Gasteiger partial charge in [0.15, 0.2) is 0 Å². The number of ether oxygens (including phenoxy) is 1. The Labute approximate surface area is 225 Å². The highest BCUT2D eigenvalue weighted by Crippen LogP contribution is 2.17. The molecule has 11 heteroatoms. The molecule has 10 nitrogen and oxygen atoms in total. The van der Waals surface area contributed by atoms with Crippen molar-refractivity contribution in [1.29, 1.82) is 0 Å². The first-order valence-electron chi connectivity index (χ1n) is 12.5. The van der Waals surface area contributed by atoms with Gasteiger partial charge in [-0.05, 0) is 54.8 Å². The molecule has 0 aliphatic rings. The van der Waals surface area contributed by atoms with E-state index < -0.39 is 17.9 Å². The highest BCUT2D eigenvalue weighted by molar-refractivity contribution is 7.12. The number of carbonyl (C=O) groups excluding carboxylic acids is 3. The van der Waals surface area contributed by atoms with Gasteiger partial charge in [-0.1, -0.05) is 32.0 Å². The van der Waals surface area contributed by atoms with E-state index in [1.165, 1.54) is 18.4 Å². The number of hydrogen-bond acceptors (Lipinski definition) is 9. The molecule has 1 aromatic carbocycles. The lowest BCUT2D eigenvalue weighted by Crippen LogP contribution is -2.49. The number of anilines is 1. The van der Waals surface area contributed by atoms with E-state index in [9.17, 15) is 19.5 Å². The predicted molar refractivity (Wildman–Crippen MR) is 146 cm³/mol. The minimum absolute atomic E-state index is 0.127. The number of methoxy groups -OCH3 is 1. The van der Waals surface area contributed by atoms with Crippen LogP contribution in [0, 0.1) is 0 Å². The molecule has 0 aliphatic carbocycles. The number of aromatic nitrogens is 2. The smallest absolute Gasteiger partial charge is 0.330 e. The van der Waals surface area contributed by atoms with Gasteiger partial charge in [0.1, 0.15) is 11.8 Å². The molecule has 1 unspecified atom stereocenters. The quantitative estimate of drug-likeness (QED) is 0.192. The van der Waals surface area contributed by atoms with Crippen LogP contribution < -0.4 is 16.0 Å². The van der Waals surface area contributed by atoms with Crippen molar-refractivity contribution < 1.29 is 24.2 Å². The summed E-state index contributed by atoms with van der Waals surface area (Å²) < 4.78 is 4.84. The van der Waals surface area contributed by atoms with Crippen molar-refractivity contribution in [1.82, 2.24) is 20.6 Å². The van der Waals surface area contributed by atoms with Crippen molar-refractivity contribution in [3.63, 3.8) is 0 Å². The van der Waals surface area contributed by atoms with Crippen molar-refractivity contribution in [2.24, 2.45) is 0 Å². The first kappa shape index (κ1) is 28.6. The van der Waals surface area contributed by atoms with Crippen molar-refractivity contribution in [3.8, 4) is 5.75 Å². The van der Waals surface area contributed by atoms with Crippen LogP contribution in [0.4, 0.5) is 5.95 Å². The highest BCUT2D eigenvalue weighted by Gasteiger charge is 2.27. The van der Waals surface area contributed by atoms with Gasteiger partial charge in [0.25, 0.3) is 11.8 Å². The SMILES string of the molecule is CCc1nc(NCCCc2cccc(O)c2)nc(CC)c1C(=O)NC(CNC(=O)c1cccs1)C(=O)OC. The number of hydrogen-bond donors (Lipinski definition) is 4. The molecule has 4 N–H and O–H groups in total. The normalized spacial score (nSPS) is 11.4. The molecular weight excluding hydrogens is 506 g/mol. The fraction of sp³-hybridized carbons (Fsp3) is 0.370. The van der Waals surface area contributed by atoms with E-state index in [0.29, 0.717) is 47.2 Å². The molecule has 1 atom stereocenters. The third-order valence-electron chi connectivity index (χ3n) is 5.79. The summed E-state index contributed by atoms with van der Waals surface area (Å²) in [7, 11) is 1.22. The largest absolute Gasteiger partial charge is 0.508 e. The summed E-state index contributed by atoms with van der Waals surface area (Å²) in [5, 5.41) is 20.0. The maximum absolute atomic E-state index is 13.3. The van der Waals surface area contributed by atoms with Crippen LogP contribution in [0.2, 0.25) is 0 Å². The lowest BCUT2D eigenvalue weighted by Gasteiger charge is -2.19. The number of amides is 2. The molecule has 3 aromatic rings. The average Bonchev–Trinajstić information content (AvgIpc) is 3.47. The molecular formula is C27H33N5O5S. The van der Waals surface area contributed by atoms with Gasteiger partial charge in [0, 0.05) is 13.1 Å². The number of thiophene rings is 1. The third-order valence-corrected chi connectivity index (χ3v) is 6.66. The number of phenolic OH excluding ortho intramolecular Hbond substituents is 1. The molecule has 0 bridgehead atoms. The lowest BCUT2D eigenvalue weighted by atomic mass is 10.1. The molecule has 202 valence electrons. The van der Waals surface area contributed by atoms with Crippen molar-refractivity contribution in [2.45, 2.75) is 45.6 Å². The van der Waals surface area contributed by atoms with Crippen LogP contribution in [0.3, 0.4) is 0 Å². The zero-order valence-corrected chi connectivity index (χ0v) is 22.6. The summed E-state index contributed by atoms with van der Waals surface area (Å²) in [4.78, 5) is 47.6. The van der Waals surface area contributed by atoms with Crippen molar-refractivity contribution in [3.05, 3.63) is 69.2 Å². The molecule has 38 heavy (non-hydrogen) atoms. The number of aromatic hydroxyl groups is 1. The zero-order valence-electron chi connectivity index (χ0n) is 21.7. The van der Waals surface area contributed by atoms with Crippen molar-refractivity contribution >= 4 is 35.1 Å². The van der Waals surface area contributed by atoms with Gasteiger partial charge < -0.3 is 25.8 Å².